The molecule has 1 aromatic heterocycles. The topological polar surface area (TPSA) is 54.9 Å². The predicted octanol–water partition coefficient (Wildman–Crippen LogP) is 5.66. The van der Waals surface area contributed by atoms with Gasteiger partial charge in [0.15, 0.2) is 4.34 Å². The van der Waals surface area contributed by atoms with E-state index in [-0.39, 0.29) is 5.91 Å². The van der Waals surface area contributed by atoms with Crippen molar-refractivity contribution in [2.24, 2.45) is 0 Å². The number of benzene rings is 2. The average Bonchev–Trinajstić information content (AvgIpc) is 3.01. The number of carbonyl (C=O) groups is 1. The molecule has 4 nitrogen and oxygen atoms in total. The molecule has 0 bridgehead atoms. The van der Waals surface area contributed by atoms with Crippen LogP contribution in [0.4, 0.5) is 5.13 Å². The van der Waals surface area contributed by atoms with Crippen molar-refractivity contribution in [1.82, 2.24) is 10.2 Å². The first kappa shape index (κ1) is 18.9. The maximum Gasteiger partial charge on any atom is 0.259 e. The zero-order valence-corrected chi connectivity index (χ0v) is 17.1. The van der Waals surface area contributed by atoms with Crippen molar-refractivity contribution < 1.29 is 4.79 Å². The molecule has 3 rings (SSSR count). The van der Waals surface area contributed by atoms with Crippen molar-refractivity contribution in [3.05, 3.63) is 69.2 Å². The fraction of sp³-hybridized carbons (Fsp3) is 0.211. The van der Waals surface area contributed by atoms with Gasteiger partial charge in [-0.3, -0.25) is 10.1 Å². The second-order valence-corrected chi connectivity index (χ2v) is 8.58. The summed E-state index contributed by atoms with van der Waals surface area (Å²) in [5, 5.41) is 11.9. The van der Waals surface area contributed by atoms with E-state index in [1.165, 1.54) is 33.6 Å². The van der Waals surface area contributed by atoms with Gasteiger partial charge in [0.25, 0.3) is 5.91 Å². The van der Waals surface area contributed by atoms with E-state index in [2.05, 4.69) is 48.4 Å². The highest BCUT2D eigenvalue weighted by Crippen LogP contribution is 2.31. The number of carbonyl (C=O) groups excluding carboxylic acids is 1. The molecular formula is C19H18ClN3OS2. The van der Waals surface area contributed by atoms with Crippen molar-refractivity contribution >= 4 is 45.7 Å². The smallest absolute Gasteiger partial charge is 0.259 e. The van der Waals surface area contributed by atoms with E-state index in [9.17, 15) is 4.79 Å². The molecule has 26 heavy (non-hydrogen) atoms. The molecule has 0 radical (unpaired) electrons. The maximum absolute atomic E-state index is 12.3. The third-order valence-electron chi connectivity index (χ3n) is 3.93. The Hall–Kier alpha value is -1.89. The summed E-state index contributed by atoms with van der Waals surface area (Å²) in [7, 11) is 0. The Labute approximate surface area is 166 Å². The second kappa shape index (κ2) is 8.20. The summed E-state index contributed by atoms with van der Waals surface area (Å²) in [4.78, 5) is 12.3. The zero-order chi connectivity index (χ0) is 18.7. The number of rotatable bonds is 5. The Morgan fingerprint density at radius 3 is 2.54 bits per heavy atom. The lowest BCUT2D eigenvalue weighted by atomic mass is 10.0. The molecule has 0 atom stereocenters. The van der Waals surface area contributed by atoms with Crippen LogP contribution in [0.2, 0.25) is 5.02 Å². The van der Waals surface area contributed by atoms with Crippen molar-refractivity contribution in [2.75, 3.05) is 5.32 Å². The first-order valence-corrected chi connectivity index (χ1v) is 10.2. The van der Waals surface area contributed by atoms with Gasteiger partial charge in [0.05, 0.1) is 10.6 Å². The Bertz CT molecular complexity index is 932. The van der Waals surface area contributed by atoms with Gasteiger partial charge in [0.2, 0.25) is 5.13 Å². The van der Waals surface area contributed by atoms with Crippen molar-refractivity contribution in [3.8, 4) is 0 Å². The minimum Gasteiger partial charge on any atom is -0.296 e. The number of aryl methyl sites for hydroxylation is 3. The van der Waals surface area contributed by atoms with Crippen LogP contribution >= 0.6 is 34.7 Å². The van der Waals surface area contributed by atoms with E-state index in [4.69, 9.17) is 11.6 Å². The highest BCUT2D eigenvalue weighted by molar-refractivity contribution is 8.00. The number of hydrogen-bond acceptors (Lipinski definition) is 5. The van der Waals surface area contributed by atoms with Gasteiger partial charge in [-0.25, -0.2) is 0 Å². The lowest BCUT2D eigenvalue weighted by Crippen LogP contribution is -2.12. The molecule has 1 amide bonds. The molecule has 0 unspecified atom stereocenters. The number of nitrogens with one attached hydrogen (secondary N) is 1. The van der Waals surface area contributed by atoms with E-state index >= 15 is 0 Å². The van der Waals surface area contributed by atoms with Gasteiger partial charge in [-0.15, -0.1) is 10.2 Å². The number of amides is 1. The lowest BCUT2D eigenvalue weighted by Gasteiger charge is -2.09. The third-order valence-corrected chi connectivity index (χ3v) is 6.25. The molecule has 0 aliphatic heterocycles. The summed E-state index contributed by atoms with van der Waals surface area (Å²) < 4.78 is 0.818. The summed E-state index contributed by atoms with van der Waals surface area (Å²) >= 11 is 9.03. The highest BCUT2D eigenvalue weighted by atomic mass is 35.5. The minimum atomic E-state index is -0.284. The summed E-state index contributed by atoms with van der Waals surface area (Å²) in [6, 6.07) is 11.3. The Kier molecular flexibility index (Phi) is 5.96. The van der Waals surface area contributed by atoms with Crippen LogP contribution in [0.3, 0.4) is 0 Å². The van der Waals surface area contributed by atoms with Crippen molar-refractivity contribution in [3.63, 3.8) is 0 Å². The fourth-order valence-corrected chi connectivity index (χ4v) is 4.86. The molecule has 1 heterocycles. The Morgan fingerprint density at radius 2 is 1.85 bits per heavy atom. The number of nitrogens with zero attached hydrogens (tertiary/aromatic N) is 2. The minimum absolute atomic E-state index is 0.284. The summed E-state index contributed by atoms with van der Waals surface area (Å²) in [6.07, 6.45) is 0. The highest BCUT2D eigenvalue weighted by Gasteiger charge is 2.13. The van der Waals surface area contributed by atoms with Gasteiger partial charge in [-0.2, -0.15) is 0 Å². The van der Waals surface area contributed by atoms with Gasteiger partial charge >= 0.3 is 0 Å². The standard InChI is InChI=1S/C19H18ClN3OS2/c1-11-8-12(2)15(13(3)9-11)10-25-19-23-22-18(26-19)21-17(24)14-6-4-5-7-16(14)20/h4-9H,10H2,1-3H3,(H,21,22,24). The SMILES string of the molecule is Cc1cc(C)c(CSc2nnc(NC(=O)c3ccccc3Cl)s2)c(C)c1. The van der Waals surface area contributed by atoms with Gasteiger partial charge in [-0.1, -0.05) is 64.5 Å². The van der Waals surface area contributed by atoms with E-state index in [0.29, 0.717) is 15.7 Å². The van der Waals surface area contributed by atoms with E-state index in [1.54, 1.807) is 36.0 Å². The molecule has 134 valence electrons. The molecule has 2 aromatic carbocycles. The molecule has 0 spiro atoms. The monoisotopic (exact) mass is 403 g/mol. The lowest BCUT2D eigenvalue weighted by molar-refractivity contribution is 0.102. The van der Waals surface area contributed by atoms with Crippen LogP contribution in [-0.4, -0.2) is 16.1 Å². The number of anilines is 1. The quantitative estimate of drug-likeness (QED) is 0.441. The molecular weight excluding hydrogens is 386 g/mol. The van der Waals surface area contributed by atoms with Gasteiger partial charge in [-0.05, 0) is 49.6 Å². The Balaban J connectivity index is 1.65. The van der Waals surface area contributed by atoms with Crippen LogP contribution in [-0.2, 0) is 5.75 Å². The van der Waals surface area contributed by atoms with Crippen LogP contribution in [0, 0.1) is 20.8 Å². The van der Waals surface area contributed by atoms with Crippen LogP contribution < -0.4 is 5.32 Å². The maximum atomic E-state index is 12.3. The summed E-state index contributed by atoms with van der Waals surface area (Å²) in [5.74, 6) is 0.541. The fourth-order valence-electron chi connectivity index (χ4n) is 2.70. The number of thioether (sulfide) groups is 1. The number of hydrogen-bond donors (Lipinski definition) is 1. The largest absolute Gasteiger partial charge is 0.296 e. The average molecular weight is 404 g/mol. The molecule has 0 saturated carbocycles. The number of aromatic nitrogens is 2. The summed E-state index contributed by atoms with van der Waals surface area (Å²) in [5.41, 5.74) is 5.58. The van der Waals surface area contributed by atoms with Crippen LogP contribution in [0.15, 0.2) is 40.7 Å². The Morgan fingerprint density at radius 1 is 1.15 bits per heavy atom. The van der Waals surface area contributed by atoms with Crippen molar-refractivity contribution in [2.45, 2.75) is 30.9 Å². The molecule has 3 aromatic rings. The molecule has 1 N–H and O–H groups in total. The molecule has 0 fully saturated rings. The van der Waals surface area contributed by atoms with Crippen LogP contribution in [0.1, 0.15) is 32.6 Å². The summed E-state index contributed by atoms with van der Waals surface area (Å²) in [6.45, 7) is 6.37. The van der Waals surface area contributed by atoms with E-state index in [0.717, 1.165) is 10.1 Å². The first-order chi connectivity index (χ1) is 12.4. The first-order valence-electron chi connectivity index (χ1n) is 8.03. The third kappa shape index (κ3) is 4.44. The number of halogens is 1. The van der Waals surface area contributed by atoms with Crippen molar-refractivity contribution in [1.29, 1.82) is 0 Å². The van der Waals surface area contributed by atoms with Crippen LogP contribution in [0.5, 0.6) is 0 Å². The zero-order valence-electron chi connectivity index (χ0n) is 14.7. The van der Waals surface area contributed by atoms with Gasteiger partial charge in [0, 0.05) is 5.75 Å². The predicted molar refractivity (Wildman–Crippen MR) is 110 cm³/mol. The van der Waals surface area contributed by atoms with Gasteiger partial charge in [0.1, 0.15) is 0 Å². The second-order valence-electron chi connectivity index (χ2n) is 5.97. The van der Waals surface area contributed by atoms with Crippen LogP contribution in [0.25, 0.3) is 0 Å². The molecule has 0 saturated heterocycles. The molecule has 0 aliphatic rings. The normalized spacial score (nSPS) is 10.8. The van der Waals surface area contributed by atoms with E-state index in [1.807, 2.05) is 0 Å². The molecule has 7 heteroatoms. The molecule has 0 aliphatic carbocycles. The van der Waals surface area contributed by atoms with E-state index < -0.39 is 0 Å². The van der Waals surface area contributed by atoms with Gasteiger partial charge < -0.3 is 0 Å².